The molecule has 2 aliphatic heterocycles. The van der Waals surface area contributed by atoms with E-state index in [-0.39, 0.29) is 11.9 Å². The van der Waals surface area contributed by atoms with Gasteiger partial charge >= 0.3 is 0 Å². The number of nitrogens with zero attached hydrogens (tertiary/aromatic N) is 2. The van der Waals surface area contributed by atoms with Gasteiger partial charge in [0.05, 0.1) is 5.69 Å². The molecule has 1 saturated heterocycles. The number of aromatic nitrogens is 1. The lowest BCUT2D eigenvalue weighted by Gasteiger charge is -2.31. The Morgan fingerprint density at radius 3 is 3.43 bits per heavy atom. The molecule has 0 spiro atoms. The van der Waals surface area contributed by atoms with Gasteiger partial charge in [-0.25, -0.2) is 4.98 Å². The van der Waals surface area contributed by atoms with Crippen LogP contribution in [0.15, 0.2) is 18.3 Å². The number of pyridine rings is 1. The summed E-state index contributed by atoms with van der Waals surface area (Å²) in [6.07, 6.45) is 3.79. The molecule has 1 amide bonds. The van der Waals surface area contributed by atoms with E-state index in [9.17, 15) is 4.79 Å². The Morgan fingerprint density at radius 1 is 1.57 bits per heavy atom. The minimum absolute atomic E-state index is 0.0115. The van der Waals surface area contributed by atoms with Crippen molar-refractivity contribution in [3.63, 3.8) is 0 Å². The van der Waals surface area contributed by atoms with E-state index in [0.29, 0.717) is 0 Å². The molecule has 3 rings (SSSR count). The van der Waals surface area contributed by atoms with Gasteiger partial charge in [0.15, 0.2) is 5.82 Å². The van der Waals surface area contributed by atoms with Gasteiger partial charge in [-0.05, 0) is 25.0 Å². The fourth-order valence-corrected chi connectivity index (χ4v) is 2.23. The zero-order valence-electron chi connectivity index (χ0n) is 7.73. The highest BCUT2D eigenvalue weighted by Crippen LogP contribution is 2.34. The van der Waals surface area contributed by atoms with Crippen molar-refractivity contribution in [3.05, 3.63) is 18.3 Å². The molecule has 0 bridgehead atoms. The second-order valence-corrected chi connectivity index (χ2v) is 3.72. The Hall–Kier alpha value is -1.58. The molecule has 1 aromatic rings. The van der Waals surface area contributed by atoms with Crippen molar-refractivity contribution in [1.82, 2.24) is 4.98 Å². The number of amides is 1. The molecule has 4 heteroatoms. The average molecular weight is 189 g/mol. The molecule has 4 nitrogen and oxygen atoms in total. The number of hydrogen-bond acceptors (Lipinski definition) is 3. The van der Waals surface area contributed by atoms with E-state index in [0.717, 1.165) is 30.9 Å². The van der Waals surface area contributed by atoms with Crippen LogP contribution in [0, 0.1) is 0 Å². The van der Waals surface area contributed by atoms with Crippen LogP contribution in [0.3, 0.4) is 0 Å². The number of carbonyl (C=O) groups excluding carboxylic acids is 1. The van der Waals surface area contributed by atoms with E-state index < -0.39 is 0 Å². The molecule has 72 valence electrons. The summed E-state index contributed by atoms with van der Waals surface area (Å²) in [6.45, 7) is 0.947. The van der Waals surface area contributed by atoms with Gasteiger partial charge in [0.2, 0.25) is 5.91 Å². The standard InChI is InChI=1S/C10H11N3O/c14-10-8-4-2-6-13(8)9-7(12-10)3-1-5-11-9/h1,3,5,8H,2,4,6H2,(H,12,14)/t8-/m1/s1. The van der Waals surface area contributed by atoms with Crippen molar-refractivity contribution in [1.29, 1.82) is 0 Å². The van der Waals surface area contributed by atoms with E-state index in [1.165, 1.54) is 0 Å². The highest BCUT2D eigenvalue weighted by molar-refractivity contribution is 6.03. The summed E-state index contributed by atoms with van der Waals surface area (Å²) in [7, 11) is 0. The molecule has 3 heterocycles. The summed E-state index contributed by atoms with van der Waals surface area (Å²) >= 11 is 0. The van der Waals surface area contributed by atoms with Crippen molar-refractivity contribution < 1.29 is 4.79 Å². The Kier molecular flexibility index (Phi) is 1.50. The zero-order valence-corrected chi connectivity index (χ0v) is 7.73. The molecule has 1 N–H and O–H groups in total. The normalized spacial score (nSPS) is 24.1. The molecule has 1 aromatic heterocycles. The van der Waals surface area contributed by atoms with E-state index in [2.05, 4.69) is 15.2 Å². The zero-order chi connectivity index (χ0) is 9.54. The second kappa shape index (κ2) is 2.70. The van der Waals surface area contributed by atoms with Crippen molar-refractivity contribution in [2.24, 2.45) is 0 Å². The topological polar surface area (TPSA) is 45.2 Å². The van der Waals surface area contributed by atoms with Gasteiger partial charge in [-0.15, -0.1) is 0 Å². The molecule has 1 fully saturated rings. The van der Waals surface area contributed by atoms with E-state index in [4.69, 9.17) is 0 Å². The predicted molar refractivity (Wildman–Crippen MR) is 53.2 cm³/mol. The number of nitrogens with one attached hydrogen (secondary N) is 1. The van der Waals surface area contributed by atoms with Gasteiger partial charge in [-0.2, -0.15) is 0 Å². The maximum absolute atomic E-state index is 11.7. The van der Waals surface area contributed by atoms with Gasteiger partial charge in [-0.1, -0.05) is 0 Å². The van der Waals surface area contributed by atoms with Crippen LogP contribution in [0.1, 0.15) is 12.8 Å². The van der Waals surface area contributed by atoms with Gasteiger partial charge in [-0.3, -0.25) is 4.79 Å². The average Bonchev–Trinajstić information content (AvgIpc) is 2.67. The second-order valence-electron chi connectivity index (χ2n) is 3.72. The molecular weight excluding hydrogens is 178 g/mol. The van der Waals surface area contributed by atoms with Crippen molar-refractivity contribution in [3.8, 4) is 0 Å². The van der Waals surface area contributed by atoms with Crippen LogP contribution in [-0.4, -0.2) is 23.5 Å². The first-order valence-electron chi connectivity index (χ1n) is 4.89. The van der Waals surface area contributed by atoms with Crippen LogP contribution < -0.4 is 10.2 Å². The summed E-state index contributed by atoms with van der Waals surface area (Å²) in [5.74, 6) is 1.04. The molecule has 1 atom stereocenters. The fraction of sp³-hybridized carbons (Fsp3) is 0.400. The number of hydrogen-bond donors (Lipinski definition) is 1. The molecule has 2 aliphatic rings. The SMILES string of the molecule is O=C1Nc2cccnc2N2CCC[C@H]12. The monoisotopic (exact) mass is 189 g/mol. The third-order valence-electron chi connectivity index (χ3n) is 2.87. The van der Waals surface area contributed by atoms with Crippen LogP contribution in [0.5, 0.6) is 0 Å². The Morgan fingerprint density at radius 2 is 2.50 bits per heavy atom. The summed E-state index contributed by atoms with van der Waals surface area (Å²) < 4.78 is 0. The van der Waals surface area contributed by atoms with Crippen LogP contribution in [0.4, 0.5) is 11.5 Å². The van der Waals surface area contributed by atoms with Crippen molar-refractivity contribution >= 4 is 17.4 Å². The highest BCUT2D eigenvalue weighted by Gasteiger charge is 2.36. The maximum Gasteiger partial charge on any atom is 0.247 e. The van der Waals surface area contributed by atoms with Crippen LogP contribution in [-0.2, 0) is 4.79 Å². The summed E-state index contributed by atoms with van der Waals surface area (Å²) in [5, 5.41) is 2.89. The van der Waals surface area contributed by atoms with Crippen molar-refractivity contribution in [2.75, 3.05) is 16.8 Å². The van der Waals surface area contributed by atoms with E-state index in [1.807, 2.05) is 12.1 Å². The Bertz CT molecular complexity index is 391. The predicted octanol–water partition coefficient (Wildman–Crippen LogP) is 1.00. The fourth-order valence-electron chi connectivity index (χ4n) is 2.23. The third-order valence-corrected chi connectivity index (χ3v) is 2.87. The first-order chi connectivity index (χ1) is 6.86. The lowest BCUT2D eigenvalue weighted by Crippen LogP contribution is -2.44. The first kappa shape index (κ1) is 7.79. The number of anilines is 2. The lowest BCUT2D eigenvalue weighted by molar-refractivity contribution is -0.117. The minimum Gasteiger partial charge on any atom is -0.343 e. The number of fused-ring (bicyclic) bond motifs is 3. The molecule has 0 radical (unpaired) electrons. The summed E-state index contributed by atoms with van der Waals surface area (Å²) in [5.41, 5.74) is 0.843. The first-order valence-corrected chi connectivity index (χ1v) is 4.89. The Labute approximate surface area is 81.9 Å². The van der Waals surface area contributed by atoms with E-state index >= 15 is 0 Å². The molecule has 0 aromatic carbocycles. The molecular formula is C10H11N3O. The summed E-state index contributed by atoms with van der Waals surface area (Å²) in [4.78, 5) is 18.1. The largest absolute Gasteiger partial charge is 0.343 e. The van der Waals surface area contributed by atoms with Gasteiger partial charge in [0, 0.05) is 12.7 Å². The van der Waals surface area contributed by atoms with Gasteiger partial charge in [0.25, 0.3) is 0 Å². The third kappa shape index (κ3) is 0.937. The molecule has 0 unspecified atom stereocenters. The number of carbonyl (C=O) groups is 1. The maximum atomic E-state index is 11.7. The van der Waals surface area contributed by atoms with E-state index in [1.54, 1.807) is 6.20 Å². The molecule has 0 saturated carbocycles. The molecule has 14 heavy (non-hydrogen) atoms. The smallest absolute Gasteiger partial charge is 0.247 e. The van der Waals surface area contributed by atoms with Crippen LogP contribution in [0.25, 0.3) is 0 Å². The molecule has 0 aliphatic carbocycles. The number of rotatable bonds is 0. The lowest BCUT2D eigenvalue weighted by atomic mass is 10.1. The minimum atomic E-state index is 0.0115. The van der Waals surface area contributed by atoms with Crippen LogP contribution >= 0.6 is 0 Å². The quantitative estimate of drug-likeness (QED) is 0.662. The van der Waals surface area contributed by atoms with Crippen LogP contribution in [0.2, 0.25) is 0 Å². The van der Waals surface area contributed by atoms with Gasteiger partial charge < -0.3 is 10.2 Å². The summed E-state index contributed by atoms with van der Waals surface area (Å²) in [6, 6.07) is 3.75. The Balaban J connectivity index is 2.11. The van der Waals surface area contributed by atoms with Gasteiger partial charge in [0.1, 0.15) is 6.04 Å². The highest BCUT2D eigenvalue weighted by atomic mass is 16.2. The van der Waals surface area contributed by atoms with Crippen molar-refractivity contribution in [2.45, 2.75) is 18.9 Å².